The molecule has 0 aliphatic carbocycles. The topological polar surface area (TPSA) is 49.6 Å². The molecule has 0 bridgehead atoms. The third kappa shape index (κ3) is 5.15. The van der Waals surface area contributed by atoms with Gasteiger partial charge in [0.15, 0.2) is 0 Å². The van der Waals surface area contributed by atoms with E-state index in [0.717, 1.165) is 29.1 Å². The monoisotopic (exact) mass is 385 g/mol. The van der Waals surface area contributed by atoms with Gasteiger partial charge in [0.25, 0.3) is 0 Å². The summed E-state index contributed by atoms with van der Waals surface area (Å²) in [5.74, 6) is 1.25. The molecule has 1 amide bonds. The van der Waals surface area contributed by atoms with Crippen LogP contribution in [0.15, 0.2) is 34.9 Å². The van der Waals surface area contributed by atoms with E-state index in [-0.39, 0.29) is 18.0 Å². The zero-order chi connectivity index (χ0) is 20.8. The fourth-order valence-electron chi connectivity index (χ4n) is 3.12. The summed E-state index contributed by atoms with van der Waals surface area (Å²) in [6.45, 7) is 13.1. The standard InChI is InChI=1S/C23H35N3O2/c1-8-18(6)26(21(27)14-16(2)3)15-20-22(19-12-10-9-11-13-19)24-28-23(20)25(7)17(4)5/h9-13,16-18H,8,14-15H2,1-7H3/t18-/m1/s1. The Bertz CT molecular complexity index is 752. The third-order valence-corrected chi connectivity index (χ3v) is 5.26. The Hall–Kier alpha value is -2.30. The number of rotatable bonds is 9. The van der Waals surface area contributed by atoms with Crippen molar-refractivity contribution in [2.45, 2.75) is 73.0 Å². The van der Waals surface area contributed by atoms with Gasteiger partial charge in [0.1, 0.15) is 5.69 Å². The highest BCUT2D eigenvalue weighted by atomic mass is 16.5. The Balaban J connectivity index is 2.50. The van der Waals surface area contributed by atoms with Gasteiger partial charge in [0, 0.05) is 31.1 Å². The molecule has 2 aromatic rings. The lowest BCUT2D eigenvalue weighted by atomic mass is 10.0. The maximum absolute atomic E-state index is 13.0. The van der Waals surface area contributed by atoms with Gasteiger partial charge < -0.3 is 14.3 Å². The fourth-order valence-corrected chi connectivity index (χ4v) is 3.12. The van der Waals surface area contributed by atoms with Gasteiger partial charge in [-0.15, -0.1) is 0 Å². The van der Waals surface area contributed by atoms with E-state index in [1.54, 1.807) is 0 Å². The summed E-state index contributed by atoms with van der Waals surface area (Å²) in [4.78, 5) is 17.1. The van der Waals surface area contributed by atoms with Crippen molar-refractivity contribution in [2.24, 2.45) is 5.92 Å². The second-order valence-corrected chi connectivity index (χ2v) is 8.26. The molecular formula is C23H35N3O2. The van der Waals surface area contributed by atoms with Crippen molar-refractivity contribution in [2.75, 3.05) is 11.9 Å². The van der Waals surface area contributed by atoms with E-state index in [2.05, 4.69) is 51.6 Å². The highest BCUT2D eigenvalue weighted by Gasteiger charge is 2.27. The number of carbonyl (C=O) groups is 1. The molecule has 0 N–H and O–H groups in total. The van der Waals surface area contributed by atoms with Crippen LogP contribution in [0.5, 0.6) is 0 Å². The van der Waals surface area contributed by atoms with Crippen LogP contribution in [0.4, 0.5) is 5.88 Å². The first kappa shape index (κ1) is 22.0. The molecule has 28 heavy (non-hydrogen) atoms. The molecule has 5 heteroatoms. The van der Waals surface area contributed by atoms with Gasteiger partial charge >= 0.3 is 0 Å². The maximum Gasteiger partial charge on any atom is 0.232 e. The number of aromatic nitrogens is 1. The molecule has 2 rings (SSSR count). The largest absolute Gasteiger partial charge is 0.341 e. The van der Waals surface area contributed by atoms with Crippen LogP contribution in [0.2, 0.25) is 0 Å². The summed E-state index contributed by atoms with van der Waals surface area (Å²) in [5, 5.41) is 4.39. The third-order valence-electron chi connectivity index (χ3n) is 5.26. The highest BCUT2D eigenvalue weighted by molar-refractivity contribution is 5.78. The average molecular weight is 386 g/mol. The number of anilines is 1. The molecule has 0 aliphatic heterocycles. The zero-order valence-corrected chi connectivity index (χ0v) is 18.4. The number of hydrogen-bond acceptors (Lipinski definition) is 4. The summed E-state index contributed by atoms with van der Waals surface area (Å²) >= 11 is 0. The lowest BCUT2D eigenvalue weighted by molar-refractivity contribution is -0.134. The lowest BCUT2D eigenvalue weighted by Crippen LogP contribution is -2.39. The minimum atomic E-state index is 0.155. The molecule has 154 valence electrons. The van der Waals surface area contributed by atoms with Crippen LogP contribution in [0.1, 0.15) is 59.9 Å². The minimum Gasteiger partial charge on any atom is -0.341 e. The Kier molecular flexibility index (Phi) is 7.67. The summed E-state index contributed by atoms with van der Waals surface area (Å²) in [7, 11) is 2.01. The normalized spacial score (nSPS) is 12.5. The van der Waals surface area contributed by atoms with Crippen LogP contribution in [0, 0.1) is 5.92 Å². The Morgan fingerprint density at radius 2 is 1.75 bits per heavy atom. The Morgan fingerprint density at radius 1 is 1.11 bits per heavy atom. The van der Waals surface area contributed by atoms with E-state index >= 15 is 0 Å². The highest BCUT2D eigenvalue weighted by Crippen LogP contribution is 2.33. The van der Waals surface area contributed by atoms with Crippen LogP contribution >= 0.6 is 0 Å². The quantitative estimate of drug-likeness (QED) is 0.583. The van der Waals surface area contributed by atoms with E-state index in [1.165, 1.54) is 0 Å². The van der Waals surface area contributed by atoms with Crippen LogP contribution in [-0.2, 0) is 11.3 Å². The van der Waals surface area contributed by atoms with Crippen molar-refractivity contribution in [1.82, 2.24) is 10.1 Å². The predicted octanol–water partition coefficient (Wildman–Crippen LogP) is 5.36. The Labute approximate surface area is 169 Å². The molecule has 0 fully saturated rings. The van der Waals surface area contributed by atoms with Crippen molar-refractivity contribution >= 4 is 11.8 Å². The van der Waals surface area contributed by atoms with Crippen molar-refractivity contribution in [1.29, 1.82) is 0 Å². The molecule has 0 saturated heterocycles. The summed E-state index contributed by atoms with van der Waals surface area (Å²) in [6.07, 6.45) is 1.46. The second-order valence-electron chi connectivity index (χ2n) is 8.26. The number of carbonyl (C=O) groups excluding carboxylic acids is 1. The van der Waals surface area contributed by atoms with E-state index in [1.807, 2.05) is 42.3 Å². The molecule has 0 saturated carbocycles. The molecule has 0 radical (unpaired) electrons. The van der Waals surface area contributed by atoms with Gasteiger partial charge in [-0.1, -0.05) is 56.3 Å². The first-order chi connectivity index (χ1) is 13.3. The van der Waals surface area contributed by atoms with Gasteiger partial charge in [-0.25, -0.2) is 0 Å². The molecule has 0 aliphatic rings. The van der Waals surface area contributed by atoms with Gasteiger partial charge in [0.05, 0.1) is 12.1 Å². The fraction of sp³-hybridized carbons (Fsp3) is 0.565. The number of hydrogen-bond donors (Lipinski definition) is 0. The molecular weight excluding hydrogens is 350 g/mol. The van der Waals surface area contributed by atoms with Gasteiger partial charge in [-0.05, 0) is 33.1 Å². The second kappa shape index (κ2) is 9.76. The van der Waals surface area contributed by atoms with Gasteiger partial charge in [0.2, 0.25) is 11.8 Å². The molecule has 0 spiro atoms. The summed E-state index contributed by atoms with van der Waals surface area (Å²) in [6, 6.07) is 10.5. The summed E-state index contributed by atoms with van der Waals surface area (Å²) in [5.41, 5.74) is 2.79. The van der Waals surface area contributed by atoms with Crippen LogP contribution in [-0.4, -0.2) is 35.1 Å². The molecule has 1 aromatic carbocycles. The molecule has 1 atom stereocenters. The van der Waals surface area contributed by atoms with Gasteiger partial charge in [-0.2, -0.15) is 0 Å². The minimum absolute atomic E-state index is 0.155. The molecule has 5 nitrogen and oxygen atoms in total. The smallest absolute Gasteiger partial charge is 0.232 e. The SMILES string of the molecule is CC[C@@H](C)N(Cc1c(-c2ccccc2)noc1N(C)C(C)C)C(=O)CC(C)C. The van der Waals surface area contributed by atoms with Crippen molar-refractivity contribution in [3.63, 3.8) is 0 Å². The lowest BCUT2D eigenvalue weighted by Gasteiger charge is -2.30. The van der Waals surface area contributed by atoms with Gasteiger partial charge in [-0.3, -0.25) is 4.79 Å². The number of benzene rings is 1. The first-order valence-electron chi connectivity index (χ1n) is 10.3. The van der Waals surface area contributed by atoms with Crippen LogP contribution in [0.25, 0.3) is 11.3 Å². The van der Waals surface area contributed by atoms with Crippen LogP contribution < -0.4 is 4.90 Å². The van der Waals surface area contributed by atoms with E-state index in [0.29, 0.717) is 18.9 Å². The van der Waals surface area contributed by atoms with Crippen LogP contribution in [0.3, 0.4) is 0 Å². The molecule has 1 heterocycles. The summed E-state index contributed by atoms with van der Waals surface area (Å²) < 4.78 is 5.79. The average Bonchev–Trinajstić information content (AvgIpc) is 3.08. The van der Waals surface area contributed by atoms with E-state index in [4.69, 9.17) is 4.52 Å². The van der Waals surface area contributed by atoms with Crippen molar-refractivity contribution < 1.29 is 9.32 Å². The maximum atomic E-state index is 13.0. The van der Waals surface area contributed by atoms with Crippen molar-refractivity contribution in [3.05, 3.63) is 35.9 Å². The molecule has 0 unspecified atom stereocenters. The zero-order valence-electron chi connectivity index (χ0n) is 18.4. The van der Waals surface area contributed by atoms with E-state index in [9.17, 15) is 4.79 Å². The molecule has 1 aromatic heterocycles. The number of nitrogens with zero attached hydrogens (tertiary/aromatic N) is 3. The van der Waals surface area contributed by atoms with E-state index < -0.39 is 0 Å². The predicted molar refractivity (Wildman–Crippen MR) is 115 cm³/mol. The van der Waals surface area contributed by atoms with Crippen molar-refractivity contribution in [3.8, 4) is 11.3 Å². The first-order valence-corrected chi connectivity index (χ1v) is 10.3. The number of amides is 1. The Morgan fingerprint density at radius 3 is 2.29 bits per heavy atom.